The molecule has 0 spiro atoms. The molecule has 1 aliphatic heterocycles. The molecule has 0 amide bonds. The van der Waals surface area contributed by atoms with E-state index in [1.165, 1.54) is 12.8 Å². The molecular formula is C17H27NO3. The number of para-hydroxylation sites is 1. The highest BCUT2D eigenvalue weighted by molar-refractivity contribution is 5.20. The minimum Gasteiger partial charge on any atom is -0.491 e. The van der Waals surface area contributed by atoms with Gasteiger partial charge in [0, 0.05) is 12.6 Å². The Morgan fingerprint density at radius 2 is 2.00 bits per heavy atom. The third-order valence-electron chi connectivity index (χ3n) is 4.18. The van der Waals surface area contributed by atoms with Gasteiger partial charge in [0.05, 0.1) is 19.8 Å². The number of ether oxygens (including phenoxy) is 2. The lowest BCUT2D eigenvalue weighted by molar-refractivity contribution is 0.0199. The minimum atomic E-state index is 0.248. The van der Waals surface area contributed by atoms with Crippen molar-refractivity contribution in [3.8, 4) is 5.75 Å². The van der Waals surface area contributed by atoms with Crippen molar-refractivity contribution >= 4 is 0 Å². The molecule has 0 aliphatic carbocycles. The van der Waals surface area contributed by atoms with Gasteiger partial charge in [0.1, 0.15) is 12.4 Å². The second kappa shape index (κ2) is 9.03. The van der Waals surface area contributed by atoms with Gasteiger partial charge in [0.2, 0.25) is 0 Å². The highest BCUT2D eigenvalue weighted by atomic mass is 16.5. The van der Waals surface area contributed by atoms with Crippen molar-refractivity contribution in [2.45, 2.75) is 25.8 Å². The molecule has 118 valence electrons. The Morgan fingerprint density at radius 1 is 1.19 bits per heavy atom. The Hall–Kier alpha value is -1.10. The van der Waals surface area contributed by atoms with E-state index < -0.39 is 0 Å². The number of rotatable bonds is 8. The Morgan fingerprint density at radius 3 is 2.76 bits per heavy atom. The van der Waals surface area contributed by atoms with Crippen molar-refractivity contribution in [2.75, 3.05) is 39.5 Å². The largest absolute Gasteiger partial charge is 0.491 e. The second-order valence-corrected chi connectivity index (χ2v) is 5.68. The van der Waals surface area contributed by atoms with Crippen LogP contribution in [0.3, 0.4) is 0 Å². The van der Waals surface area contributed by atoms with Crippen LogP contribution in [0.4, 0.5) is 0 Å². The van der Waals surface area contributed by atoms with Crippen LogP contribution >= 0.6 is 0 Å². The zero-order valence-corrected chi connectivity index (χ0v) is 12.9. The number of likely N-dealkylation sites (tertiary alicyclic amines) is 1. The molecule has 1 aromatic carbocycles. The van der Waals surface area contributed by atoms with Crippen LogP contribution in [0.2, 0.25) is 0 Å². The topological polar surface area (TPSA) is 41.9 Å². The van der Waals surface area contributed by atoms with Crippen LogP contribution in [-0.2, 0) is 4.74 Å². The number of hydrogen-bond donors (Lipinski definition) is 1. The van der Waals surface area contributed by atoms with Gasteiger partial charge in [0.15, 0.2) is 0 Å². The van der Waals surface area contributed by atoms with Crippen LogP contribution in [0.15, 0.2) is 30.3 Å². The maximum Gasteiger partial charge on any atom is 0.119 e. The van der Waals surface area contributed by atoms with E-state index in [-0.39, 0.29) is 6.61 Å². The molecule has 2 rings (SSSR count). The van der Waals surface area contributed by atoms with Crippen molar-refractivity contribution in [3.05, 3.63) is 30.3 Å². The smallest absolute Gasteiger partial charge is 0.119 e. The molecule has 4 heteroatoms. The van der Waals surface area contributed by atoms with Crippen molar-refractivity contribution in [1.29, 1.82) is 0 Å². The zero-order valence-electron chi connectivity index (χ0n) is 12.9. The van der Waals surface area contributed by atoms with Gasteiger partial charge in [0.25, 0.3) is 0 Å². The van der Waals surface area contributed by atoms with Gasteiger partial charge in [-0.15, -0.1) is 0 Å². The molecule has 1 N–H and O–H groups in total. The predicted molar refractivity (Wildman–Crippen MR) is 83.6 cm³/mol. The molecule has 1 heterocycles. The molecule has 0 bridgehead atoms. The van der Waals surface area contributed by atoms with E-state index in [0.29, 0.717) is 31.8 Å². The van der Waals surface area contributed by atoms with E-state index in [1.54, 1.807) is 0 Å². The van der Waals surface area contributed by atoms with Crippen LogP contribution in [0, 0.1) is 5.92 Å². The number of benzene rings is 1. The summed E-state index contributed by atoms with van der Waals surface area (Å²) in [5, 5.41) is 9.50. The number of aliphatic hydroxyl groups is 1. The van der Waals surface area contributed by atoms with Crippen LogP contribution in [0.25, 0.3) is 0 Å². The van der Waals surface area contributed by atoms with Crippen molar-refractivity contribution in [2.24, 2.45) is 5.92 Å². The van der Waals surface area contributed by atoms with Gasteiger partial charge in [-0.1, -0.05) is 25.1 Å². The monoisotopic (exact) mass is 293 g/mol. The van der Waals surface area contributed by atoms with E-state index >= 15 is 0 Å². The normalized spacial score (nSPS) is 23.1. The van der Waals surface area contributed by atoms with E-state index in [2.05, 4.69) is 11.8 Å². The van der Waals surface area contributed by atoms with Crippen LogP contribution in [0.1, 0.15) is 19.8 Å². The Kier molecular flexibility index (Phi) is 7.00. The van der Waals surface area contributed by atoms with Gasteiger partial charge >= 0.3 is 0 Å². The Balaban J connectivity index is 1.57. The molecule has 1 saturated heterocycles. The fraction of sp³-hybridized carbons (Fsp3) is 0.647. The summed E-state index contributed by atoms with van der Waals surface area (Å²) in [6.07, 6.45) is 2.43. The molecule has 2 atom stereocenters. The standard InChI is InChI=1S/C17H27NO3/c1-15-6-5-9-18(17(15)14-19)10-11-20-12-13-21-16-7-3-2-4-8-16/h2-4,7-8,15,17,19H,5-6,9-14H2,1H3. The molecule has 4 nitrogen and oxygen atoms in total. The zero-order chi connectivity index (χ0) is 14.9. The molecule has 21 heavy (non-hydrogen) atoms. The first-order valence-corrected chi connectivity index (χ1v) is 7.91. The molecule has 1 aliphatic rings. The third kappa shape index (κ3) is 5.30. The molecule has 0 saturated carbocycles. The first kappa shape index (κ1) is 16.3. The first-order chi connectivity index (χ1) is 10.3. The second-order valence-electron chi connectivity index (χ2n) is 5.68. The maximum absolute atomic E-state index is 9.50. The lowest BCUT2D eigenvalue weighted by atomic mass is 9.91. The summed E-state index contributed by atoms with van der Waals surface area (Å²) < 4.78 is 11.2. The number of nitrogens with zero attached hydrogens (tertiary/aromatic N) is 1. The van der Waals surface area contributed by atoms with Crippen molar-refractivity contribution < 1.29 is 14.6 Å². The summed E-state index contributed by atoms with van der Waals surface area (Å²) >= 11 is 0. The van der Waals surface area contributed by atoms with Gasteiger partial charge in [-0.3, -0.25) is 4.90 Å². The lowest BCUT2D eigenvalue weighted by Crippen LogP contribution is -2.47. The average Bonchev–Trinajstić information content (AvgIpc) is 2.52. The van der Waals surface area contributed by atoms with E-state index in [4.69, 9.17) is 9.47 Å². The minimum absolute atomic E-state index is 0.248. The van der Waals surface area contributed by atoms with Crippen LogP contribution in [0.5, 0.6) is 5.75 Å². The molecule has 1 fully saturated rings. The van der Waals surface area contributed by atoms with Gasteiger partial charge in [-0.2, -0.15) is 0 Å². The number of piperidine rings is 1. The van der Waals surface area contributed by atoms with E-state index in [1.807, 2.05) is 30.3 Å². The Bertz CT molecular complexity index is 385. The third-order valence-corrected chi connectivity index (χ3v) is 4.18. The van der Waals surface area contributed by atoms with Gasteiger partial charge in [-0.25, -0.2) is 0 Å². The molecule has 2 unspecified atom stereocenters. The highest BCUT2D eigenvalue weighted by Crippen LogP contribution is 2.22. The fourth-order valence-corrected chi connectivity index (χ4v) is 2.93. The molecular weight excluding hydrogens is 266 g/mol. The molecule has 1 aromatic rings. The van der Waals surface area contributed by atoms with Gasteiger partial charge < -0.3 is 14.6 Å². The highest BCUT2D eigenvalue weighted by Gasteiger charge is 2.27. The van der Waals surface area contributed by atoms with Crippen LogP contribution in [-0.4, -0.2) is 55.6 Å². The Labute approximate surface area is 127 Å². The summed E-state index contributed by atoms with van der Waals surface area (Å²) in [5.41, 5.74) is 0. The predicted octanol–water partition coefficient (Wildman–Crippen LogP) is 2.17. The summed E-state index contributed by atoms with van der Waals surface area (Å²) in [5.74, 6) is 1.46. The average molecular weight is 293 g/mol. The van der Waals surface area contributed by atoms with Crippen molar-refractivity contribution in [3.63, 3.8) is 0 Å². The quantitative estimate of drug-likeness (QED) is 0.746. The first-order valence-electron chi connectivity index (χ1n) is 7.91. The summed E-state index contributed by atoms with van der Waals surface area (Å²) in [4.78, 5) is 2.35. The number of aliphatic hydroxyl groups excluding tert-OH is 1. The van der Waals surface area contributed by atoms with E-state index in [9.17, 15) is 5.11 Å². The molecule has 0 aromatic heterocycles. The van der Waals surface area contributed by atoms with E-state index in [0.717, 1.165) is 18.8 Å². The van der Waals surface area contributed by atoms with Gasteiger partial charge in [-0.05, 0) is 37.4 Å². The fourth-order valence-electron chi connectivity index (χ4n) is 2.93. The molecule has 0 radical (unpaired) electrons. The van der Waals surface area contributed by atoms with Crippen molar-refractivity contribution in [1.82, 2.24) is 4.90 Å². The number of hydrogen-bond acceptors (Lipinski definition) is 4. The summed E-state index contributed by atoms with van der Waals surface area (Å²) in [6.45, 7) is 6.30. The summed E-state index contributed by atoms with van der Waals surface area (Å²) in [7, 11) is 0. The van der Waals surface area contributed by atoms with Crippen LogP contribution < -0.4 is 4.74 Å². The SMILES string of the molecule is CC1CCCN(CCOCCOc2ccccc2)C1CO. The lowest BCUT2D eigenvalue weighted by Gasteiger charge is -2.38. The summed E-state index contributed by atoms with van der Waals surface area (Å²) in [6, 6.07) is 10.1. The maximum atomic E-state index is 9.50.